The van der Waals surface area contributed by atoms with Crippen molar-refractivity contribution in [3.63, 3.8) is 0 Å². The van der Waals surface area contributed by atoms with Crippen LogP contribution >= 0.6 is 11.3 Å². The molecule has 0 atom stereocenters. The van der Waals surface area contributed by atoms with E-state index in [1.165, 1.54) is 15.6 Å². The highest BCUT2D eigenvalue weighted by molar-refractivity contribution is 7.91. The van der Waals surface area contributed by atoms with Gasteiger partial charge in [-0.2, -0.15) is 9.40 Å². The average molecular weight is 551 g/mol. The lowest BCUT2D eigenvalue weighted by Crippen LogP contribution is -2.36. The molecule has 2 aromatic carbocycles. The Labute approximate surface area is 224 Å². The van der Waals surface area contributed by atoms with Gasteiger partial charge in [-0.1, -0.05) is 36.4 Å². The smallest absolute Gasteiger partial charge is 0.310 e. The Morgan fingerprint density at radius 1 is 1.05 bits per heavy atom. The van der Waals surface area contributed by atoms with Crippen molar-refractivity contribution in [3.8, 4) is 5.69 Å². The molecule has 11 heteroatoms. The molecular weight excluding hydrogens is 524 g/mol. The van der Waals surface area contributed by atoms with Crippen molar-refractivity contribution >= 4 is 38.9 Å². The van der Waals surface area contributed by atoms with Crippen LogP contribution in [0.15, 0.2) is 76.3 Å². The molecule has 2 aromatic heterocycles. The van der Waals surface area contributed by atoms with Gasteiger partial charge >= 0.3 is 5.97 Å². The quantitative estimate of drug-likeness (QED) is 0.332. The first-order chi connectivity index (χ1) is 18.4. The standard InChI is InChI=1S/C27H26N4O5S2/c1-2-36-24(32)17-19-10-12-20(13-11-19)28-27(33)26-22-18-30(38(34,35)25-9-6-16-37-25)15-14-23(22)29-31(26)21-7-4-3-5-8-21/h3-13,16H,2,14-15,17-18H2,1H3,(H,28,33). The van der Waals surface area contributed by atoms with E-state index in [9.17, 15) is 18.0 Å². The number of ether oxygens (including phenoxy) is 1. The summed E-state index contributed by atoms with van der Waals surface area (Å²) in [6, 6.07) is 19.5. The van der Waals surface area contributed by atoms with E-state index < -0.39 is 15.9 Å². The molecule has 0 bridgehead atoms. The van der Waals surface area contributed by atoms with E-state index in [1.54, 1.807) is 53.4 Å². The Balaban J connectivity index is 1.46. The van der Waals surface area contributed by atoms with Gasteiger partial charge in [0.2, 0.25) is 0 Å². The van der Waals surface area contributed by atoms with Crippen LogP contribution in [-0.4, -0.2) is 47.5 Å². The van der Waals surface area contributed by atoms with Crippen molar-refractivity contribution in [1.29, 1.82) is 0 Å². The number of aromatic nitrogens is 2. The van der Waals surface area contributed by atoms with Crippen LogP contribution in [0.1, 0.15) is 34.2 Å². The molecule has 0 fully saturated rings. The van der Waals surface area contributed by atoms with Gasteiger partial charge in [-0.3, -0.25) is 9.59 Å². The van der Waals surface area contributed by atoms with Crippen molar-refractivity contribution in [3.05, 3.63) is 94.6 Å². The second-order valence-corrected chi connectivity index (χ2v) is 11.8. The van der Waals surface area contributed by atoms with Crippen LogP contribution in [0.3, 0.4) is 0 Å². The number of para-hydroxylation sites is 1. The Bertz CT molecular complexity index is 1550. The third-order valence-corrected chi connectivity index (χ3v) is 9.39. The number of thiophene rings is 1. The Kier molecular flexibility index (Phi) is 7.41. The molecule has 0 spiro atoms. The molecule has 9 nitrogen and oxygen atoms in total. The molecule has 5 rings (SSSR count). The normalized spacial score (nSPS) is 13.6. The Morgan fingerprint density at radius 3 is 2.50 bits per heavy atom. The fourth-order valence-corrected chi connectivity index (χ4v) is 6.91. The zero-order valence-electron chi connectivity index (χ0n) is 20.7. The lowest BCUT2D eigenvalue weighted by molar-refractivity contribution is -0.142. The molecule has 3 heterocycles. The van der Waals surface area contributed by atoms with Gasteiger partial charge in [0.15, 0.2) is 0 Å². The largest absolute Gasteiger partial charge is 0.466 e. The highest BCUT2D eigenvalue weighted by Gasteiger charge is 2.34. The minimum absolute atomic E-state index is 0.0453. The number of nitrogens with one attached hydrogen (secondary N) is 1. The number of amides is 1. The van der Waals surface area contributed by atoms with E-state index in [4.69, 9.17) is 9.84 Å². The van der Waals surface area contributed by atoms with Crippen LogP contribution in [-0.2, 0) is 38.9 Å². The number of carbonyl (C=O) groups is 2. The van der Waals surface area contributed by atoms with Crippen molar-refractivity contribution in [2.24, 2.45) is 0 Å². The third kappa shape index (κ3) is 5.26. The third-order valence-electron chi connectivity index (χ3n) is 6.17. The molecule has 0 aliphatic carbocycles. The number of anilines is 1. The molecule has 1 amide bonds. The average Bonchev–Trinajstić information content (AvgIpc) is 3.59. The van der Waals surface area contributed by atoms with Gasteiger partial charge in [0.1, 0.15) is 9.90 Å². The molecule has 0 unspecified atom stereocenters. The fraction of sp³-hybridized carbons (Fsp3) is 0.222. The van der Waals surface area contributed by atoms with Crippen molar-refractivity contribution in [1.82, 2.24) is 14.1 Å². The van der Waals surface area contributed by atoms with Crippen LogP contribution in [0, 0.1) is 0 Å². The van der Waals surface area contributed by atoms with Crippen LogP contribution < -0.4 is 5.32 Å². The summed E-state index contributed by atoms with van der Waals surface area (Å²) in [5, 5.41) is 9.35. The molecule has 38 heavy (non-hydrogen) atoms. The summed E-state index contributed by atoms with van der Waals surface area (Å²) < 4.78 is 34.7. The number of carbonyl (C=O) groups excluding carboxylic acids is 2. The van der Waals surface area contributed by atoms with Crippen LogP contribution in [0.2, 0.25) is 0 Å². The summed E-state index contributed by atoms with van der Waals surface area (Å²) in [6.07, 6.45) is 0.535. The SMILES string of the molecule is CCOC(=O)Cc1ccc(NC(=O)c2c3c(nn2-c2ccccc2)CCN(S(=O)(=O)c2cccs2)C3)cc1. The van der Waals surface area contributed by atoms with E-state index in [-0.39, 0.29) is 35.4 Å². The highest BCUT2D eigenvalue weighted by Crippen LogP contribution is 2.30. The van der Waals surface area contributed by atoms with Gasteiger partial charge in [-0.25, -0.2) is 13.1 Å². The van der Waals surface area contributed by atoms with Gasteiger partial charge in [0.25, 0.3) is 15.9 Å². The van der Waals surface area contributed by atoms with E-state index in [0.29, 0.717) is 35.7 Å². The second-order valence-electron chi connectivity index (χ2n) is 8.67. The van der Waals surface area contributed by atoms with Crippen LogP contribution in [0.25, 0.3) is 5.69 Å². The molecule has 0 saturated carbocycles. The van der Waals surface area contributed by atoms with E-state index in [0.717, 1.165) is 5.56 Å². The van der Waals surface area contributed by atoms with E-state index >= 15 is 0 Å². The molecule has 1 aliphatic rings. The minimum Gasteiger partial charge on any atom is -0.466 e. The number of hydrogen-bond donors (Lipinski definition) is 1. The van der Waals surface area contributed by atoms with Crippen LogP contribution in [0.5, 0.6) is 0 Å². The van der Waals surface area contributed by atoms with E-state index in [1.807, 2.05) is 30.3 Å². The molecule has 4 aromatic rings. The monoisotopic (exact) mass is 550 g/mol. The molecule has 0 saturated heterocycles. The topological polar surface area (TPSA) is 111 Å². The van der Waals surface area contributed by atoms with E-state index in [2.05, 4.69) is 5.32 Å². The first-order valence-corrected chi connectivity index (χ1v) is 14.4. The van der Waals surface area contributed by atoms with Crippen molar-refractivity contribution in [2.75, 3.05) is 18.5 Å². The molecule has 196 valence electrons. The van der Waals surface area contributed by atoms with Gasteiger partial charge in [-0.15, -0.1) is 11.3 Å². The van der Waals surface area contributed by atoms with Gasteiger partial charge in [0.05, 0.1) is 24.4 Å². The maximum absolute atomic E-state index is 13.7. The summed E-state index contributed by atoms with van der Waals surface area (Å²) in [5.74, 6) is -0.721. The predicted octanol–water partition coefficient (Wildman–Crippen LogP) is 4.04. The minimum atomic E-state index is -3.69. The molecular formula is C27H26N4O5S2. The van der Waals surface area contributed by atoms with Gasteiger partial charge in [-0.05, 0) is 48.2 Å². The number of nitrogens with zero attached hydrogens (tertiary/aromatic N) is 3. The van der Waals surface area contributed by atoms with Crippen molar-refractivity contribution < 1.29 is 22.7 Å². The van der Waals surface area contributed by atoms with Crippen molar-refractivity contribution in [2.45, 2.75) is 30.5 Å². The molecule has 1 N–H and O–H groups in total. The van der Waals surface area contributed by atoms with Crippen LogP contribution in [0.4, 0.5) is 5.69 Å². The summed E-state index contributed by atoms with van der Waals surface area (Å²) >= 11 is 1.17. The molecule has 0 radical (unpaired) electrons. The summed E-state index contributed by atoms with van der Waals surface area (Å²) in [4.78, 5) is 25.4. The summed E-state index contributed by atoms with van der Waals surface area (Å²) in [5.41, 5.74) is 3.56. The first kappa shape index (κ1) is 25.8. The summed E-state index contributed by atoms with van der Waals surface area (Å²) in [6.45, 7) is 2.40. The molecule has 1 aliphatic heterocycles. The zero-order chi connectivity index (χ0) is 26.7. The number of esters is 1. The Morgan fingerprint density at radius 2 is 1.82 bits per heavy atom. The maximum atomic E-state index is 13.7. The number of benzene rings is 2. The zero-order valence-corrected chi connectivity index (χ0v) is 22.3. The fourth-order valence-electron chi connectivity index (χ4n) is 4.36. The number of sulfonamides is 1. The highest BCUT2D eigenvalue weighted by atomic mass is 32.2. The lowest BCUT2D eigenvalue weighted by atomic mass is 10.1. The maximum Gasteiger partial charge on any atom is 0.310 e. The van der Waals surface area contributed by atoms with Gasteiger partial charge in [0, 0.05) is 30.8 Å². The van der Waals surface area contributed by atoms with Gasteiger partial charge < -0.3 is 10.1 Å². The number of fused-ring (bicyclic) bond motifs is 1. The lowest BCUT2D eigenvalue weighted by Gasteiger charge is -2.25. The number of rotatable bonds is 8. The Hall–Kier alpha value is -3.80. The first-order valence-electron chi connectivity index (χ1n) is 12.1. The predicted molar refractivity (Wildman–Crippen MR) is 144 cm³/mol. The number of hydrogen-bond acceptors (Lipinski definition) is 7. The summed E-state index contributed by atoms with van der Waals surface area (Å²) in [7, 11) is -3.69. The second kappa shape index (κ2) is 10.9.